The van der Waals surface area contributed by atoms with Gasteiger partial charge in [0.05, 0.1) is 10.0 Å². The molecule has 0 N–H and O–H groups in total. The van der Waals surface area contributed by atoms with E-state index in [2.05, 4.69) is 19.8 Å². The first kappa shape index (κ1) is 22.8. The lowest BCUT2D eigenvalue weighted by Gasteiger charge is -2.34. The van der Waals surface area contributed by atoms with Gasteiger partial charge in [-0.3, -0.25) is 4.79 Å². The van der Waals surface area contributed by atoms with E-state index in [0.717, 1.165) is 57.0 Å². The molecule has 0 bridgehead atoms. The van der Waals surface area contributed by atoms with Crippen molar-refractivity contribution in [3.05, 3.63) is 52.3 Å². The largest absolute Gasteiger partial charge is 0.341 e. The lowest BCUT2D eigenvalue weighted by atomic mass is 9.95. The Kier molecular flexibility index (Phi) is 8.31. The molecule has 0 unspecified atom stereocenters. The summed E-state index contributed by atoms with van der Waals surface area (Å²) in [4.78, 5) is 28.3. The van der Waals surface area contributed by atoms with Gasteiger partial charge in [-0.15, -0.1) is 0 Å². The zero-order valence-electron chi connectivity index (χ0n) is 17.6. The molecule has 6 nitrogen and oxygen atoms in total. The van der Waals surface area contributed by atoms with Gasteiger partial charge in [0, 0.05) is 44.5 Å². The number of benzene rings is 1. The van der Waals surface area contributed by atoms with Crippen LogP contribution in [0.25, 0.3) is 0 Å². The maximum atomic E-state index is 13.4. The van der Waals surface area contributed by atoms with Crippen LogP contribution >= 0.6 is 23.2 Å². The van der Waals surface area contributed by atoms with Crippen LogP contribution in [-0.4, -0.2) is 65.9 Å². The fourth-order valence-electron chi connectivity index (χ4n) is 3.74. The highest BCUT2D eigenvalue weighted by Gasteiger charge is 2.29. The van der Waals surface area contributed by atoms with E-state index in [4.69, 9.17) is 23.2 Å². The number of amides is 1. The van der Waals surface area contributed by atoms with Crippen LogP contribution in [0.2, 0.25) is 10.0 Å². The van der Waals surface area contributed by atoms with Gasteiger partial charge in [0.1, 0.15) is 0 Å². The predicted molar refractivity (Wildman–Crippen MR) is 122 cm³/mol. The Bertz CT molecular complexity index is 826. The second-order valence-corrected chi connectivity index (χ2v) is 8.79. The standard InChI is InChI=1S/C22H29Cl2N5O/c1-27(2)11-4-12-29(16-17-5-6-19(23)20(24)15-17)21(30)18-7-13-28(14-8-18)22-25-9-3-10-26-22/h3,5-6,9-10,15,18H,4,7-8,11-14,16H2,1-2H3. The molecule has 0 radical (unpaired) electrons. The Morgan fingerprint density at radius 3 is 2.43 bits per heavy atom. The summed E-state index contributed by atoms with van der Waals surface area (Å²) in [7, 11) is 4.10. The van der Waals surface area contributed by atoms with Gasteiger partial charge in [0.2, 0.25) is 11.9 Å². The fraction of sp³-hybridized carbons (Fsp3) is 0.500. The smallest absolute Gasteiger partial charge is 0.226 e. The Balaban J connectivity index is 1.64. The number of anilines is 1. The SMILES string of the molecule is CN(C)CCCN(Cc1ccc(Cl)c(Cl)c1)C(=O)C1CCN(c2ncccn2)CC1. The van der Waals surface area contributed by atoms with E-state index < -0.39 is 0 Å². The number of hydrogen-bond acceptors (Lipinski definition) is 5. The van der Waals surface area contributed by atoms with E-state index >= 15 is 0 Å². The number of carbonyl (C=O) groups excluding carboxylic acids is 1. The van der Waals surface area contributed by atoms with Crippen molar-refractivity contribution in [3.8, 4) is 0 Å². The van der Waals surface area contributed by atoms with Crippen LogP contribution in [0.15, 0.2) is 36.7 Å². The average Bonchev–Trinajstić information content (AvgIpc) is 2.75. The van der Waals surface area contributed by atoms with Crippen LogP contribution in [-0.2, 0) is 11.3 Å². The molecular formula is C22H29Cl2N5O. The first-order chi connectivity index (χ1) is 14.4. The quantitative estimate of drug-likeness (QED) is 0.609. The van der Waals surface area contributed by atoms with E-state index in [1.165, 1.54) is 0 Å². The van der Waals surface area contributed by atoms with Crippen molar-refractivity contribution in [2.45, 2.75) is 25.8 Å². The highest BCUT2D eigenvalue weighted by molar-refractivity contribution is 6.42. The van der Waals surface area contributed by atoms with E-state index in [1.54, 1.807) is 18.5 Å². The minimum atomic E-state index is 0.0205. The lowest BCUT2D eigenvalue weighted by molar-refractivity contribution is -0.137. The Morgan fingerprint density at radius 2 is 1.80 bits per heavy atom. The van der Waals surface area contributed by atoms with Crippen LogP contribution in [0.1, 0.15) is 24.8 Å². The summed E-state index contributed by atoms with van der Waals surface area (Å²) in [6.07, 6.45) is 6.05. The third-order valence-corrected chi connectivity index (χ3v) is 6.12. The molecule has 8 heteroatoms. The molecule has 1 aromatic carbocycles. The molecule has 0 spiro atoms. The minimum Gasteiger partial charge on any atom is -0.341 e. The van der Waals surface area contributed by atoms with Gasteiger partial charge < -0.3 is 14.7 Å². The average molecular weight is 450 g/mol. The molecule has 1 saturated heterocycles. The minimum absolute atomic E-state index is 0.0205. The van der Waals surface area contributed by atoms with Crippen LogP contribution < -0.4 is 4.90 Å². The molecule has 162 valence electrons. The van der Waals surface area contributed by atoms with Crippen LogP contribution in [0.3, 0.4) is 0 Å². The van der Waals surface area contributed by atoms with Crippen LogP contribution in [0.4, 0.5) is 5.95 Å². The predicted octanol–water partition coefficient (Wildman–Crippen LogP) is 3.98. The molecule has 1 fully saturated rings. The fourth-order valence-corrected chi connectivity index (χ4v) is 4.06. The normalized spacial score (nSPS) is 14.9. The molecular weight excluding hydrogens is 421 g/mol. The summed E-state index contributed by atoms with van der Waals surface area (Å²) in [6, 6.07) is 7.40. The van der Waals surface area contributed by atoms with E-state index in [0.29, 0.717) is 16.6 Å². The van der Waals surface area contributed by atoms with Crippen LogP contribution in [0, 0.1) is 5.92 Å². The number of piperidine rings is 1. The van der Waals surface area contributed by atoms with Gasteiger partial charge in [-0.1, -0.05) is 29.3 Å². The molecule has 3 rings (SSSR count). The van der Waals surface area contributed by atoms with Crippen molar-refractivity contribution in [1.82, 2.24) is 19.8 Å². The number of halogens is 2. The molecule has 2 heterocycles. The third kappa shape index (κ3) is 6.30. The van der Waals surface area contributed by atoms with Gasteiger partial charge in [-0.05, 0) is 63.7 Å². The van der Waals surface area contributed by atoms with Gasteiger partial charge in [0.25, 0.3) is 0 Å². The van der Waals surface area contributed by atoms with Crippen molar-refractivity contribution in [3.63, 3.8) is 0 Å². The lowest BCUT2D eigenvalue weighted by Crippen LogP contribution is -2.43. The van der Waals surface area contributed by atoms with E-state index in [9.17, 15) is 4.79 Å². The maximum absolute atomic E-state index is 13.4. The molecule has 0 atom stereocenters. The Labute approximate surface area is 188 Å². The van der Waals surface area contributed by atoms with Gasteiger partial charge in [-0.25, -0.2) is 9.97 Å². The topological polar surface area (TPSA) is 52.6 Å². The number of nitrogens with zero attached hydrogens (tertiary/aromatic N) is 5. The van der Waals surface area contributed by atoms with Crippen molar-refractivity contribution in [2.75, 3.05) is 45.2 Å². The van der Waals surface area contributed by atoms with Gasteiger partial charge >= 0.3 is 0 Å². The highest BCUT2D eigenvalue weighted by atomic mass is 35.5. The number of aromatic nitrogens is 2. The van der Waals surface area contributed by atoms with Gasteiger partial charge in [0.15, 0.2) is 0 Å². The summed E-state index contributed by atoms with van der Waals surface area (Å²) in [6.45, 7) is 3.79. The molecule has 1 aliphatic rings. The molecule has 0 saturated carbocycles. The summed E-state index contributed by atoms with van der Waals surface area (Å²) in [5.41, 5.74) is 0.998. The second-order valence-electron chi connectivity index (χ2n) is 7.98. The molecule has 30 heavy (non-hydrogen) atoms. The van der Waals surface area contributed by atoms with Crippen molar-refractivity contribution < 1.29 is 4.79 Å². The summed E-state index contributed by atoms with van der Waals surface area (Å²) in [5.74, 6) is 0.975. The Hall–Kier alpha value is -1.89. The van der Waals surface area contributed by atoms with Crippen molar-refractivity contribution >= 4 is 35.1 Å². The summed E-state index contributed by atoms with van der Waals surface area (Å²) < 4.78 is 0. The van der Waals surface area contributed by atoms with Crippen LogP contribution in [0.5, 0.6) is 0 Å². The highest BCUT2D eigenvalue weighted by Crippen LogP contribution is 2.26. The second kappa shape index (κ2) is 10.9. The zero-order chi connectivity index (χ0) is 21.5. The Morgan fingerprint density at radius 1 is 1.10 bits per heavy atom. The van der Waals surface area contributed by atoms with Crippen molar-refractivity contribution in [1.29, 1.82) is 0 Å². The first-order valence-electron chi connectivity index (χ1n) is 10.3. The molecule has 2 aromatic rings. The number of rotatable bonds is 8. The molecule has 1 aromatic heterocycles. The van der Waals surface area contributed by atoms with E-state index in [1.807, 2.05) is 37.2 Å². The van der Waals surface area contributed by atoms with Gasteiger partial charge in [-0.2, -0.15) is 0 Å². The molecule has 1 amide bonds. The monoisotopic (exact) mass is 449 g/mol. The maximum Gasteiger partial charge on any atom is 0.226 e. The summed E-state index contributed by atoms with van der Waals surface area (Å²) in [5, 5.41) is 1.05. The number of carbonyl (C=O) groups is 1. The van der Waals surface area contributed by atoms with E-state index in [-0.39, 0.29) is 11.8 Å². The number of hydrogen-bond donors (Lipinski definition) is 0. The zero-order valence-corrected chi connectivity index (χ0v) is 19.1. The first-order valence-corrected chi connectivity index (χ1v) is 11.1. The summed E-state index contributed by atoms with van der Waals surface area (Å²) >= 11 is 12.2. The molecule has 1 aliphatic heterocycles. The van der Waals surface area contributed by atoms with Crippen molar-refractivity contribution in [2.24, 2.45) is 5.92 Å². The molecule has 0 aliphatic carbocycles. The third-order valence-electron chi connectivity index (χ3n) is 5.38.